The maximum atomic E-state index is 4.38. The molecule has 0 radical (unpaired) electrons. The van der Waals surface area contributed by atoms with Gasteiger partial charge in [0.15, 0.2) is 0 Å². The maximum Gasteiger partial charge on any atom is 0.106 e. The topological polar surface area (TPSA) is 25.8 Å². The number of hydrogen-bond acceptors (Lipinski definition) is 2. The van der Waals surface area contributed by atoms with Gasteiger partial charge in [0.25, 0.3) is 0 Å². The summed E-state index contributed by atoms with van der Waals surface area (Å²) in [6, 6.07) is 7.85. The van der Waals surface area contributed by atoms with Gasteiger partial charge in [0.1, 0.15) is 4.60 Å². The molecular formula is C11H9BrN2. The van der Waals surface area contributed by atoms with E-state index in [9.17, 15) is 0 Å². The standard InChI is InChI=1S/C11H9BrN2/c1-8-5-6-13-7-9(8)10-3-2-4-11(12)14-10/h2-7H,1H3. The third-order valence-corrected chi connectivity index (χ3v) is 2.47. The minimum atomic E-state index is 0.846. The summed E-state index contributed by atoms with van der Waals surface area (Å²) < 4.78 is 0.846. The third-order valence-electron chi connectivity index (χ3n) is 2.03. The molecule has 0 aliphatic rings. The highest BCUT2D eigenvalue weighted by Gasteiger charge is 2.02. The quantitative estimate of drug-likeness (QED) is 0.725. The molecule has 0 unspecified atom stereocenters. The molecule has 70 valence electrons. The first kappa shape index (κ1) is 9.34. The van der Waals surface area contributed by atoms with Crippen LogP contribution in [-0.4, -0.2) is 9.97 Å². The predicted molar refractivity (Wildman–Crippen MR) is 59.9 cm³/mol. The van der Waals surface area contributed by atoms with Crippen molar-refractivity contribution in [2.75, 3.05) is 0 Å². The number of aryl methyl sites for hydroxylation is 1. The van der Waals surface area contributed by atoms with Crippen LogP contribution in [0.2, 0.25) is 0 Å². The lowest BCUT2D eigenvalue weighted by Crippen LogP contribution is -1.88. The summed E-state index contributed by atoms with van der Waals surface area (Å²) >= 11 is 3.35. The predicted octanol–water partition coefficient (Wildman–Crippen LogP) is 3.21. The molecule has 2 aromatic rings. The van der Waals surface area contributed by atoms with Crippen LogP contribution >= 0.6 is 15.9 Å². The fourth-order valence-corrected chi connectivity index (χ4v) is 1.63. The van der Waals surface area contributed by atoms with Crippen LogP contribution in [0.4, 0.5) is 0 Å². The van der Waals surface area contributed by atoms with Crippen molar-refractivity contribution < 1.29 is 0 Å². The Hall–Kier alpha value is -1.22. The largest absolute Gasteiger partial charge is 0.264 e. The zero-order valence-corrected chi connectivity index (χ0v) is 9.32. The smallest absolute Gasteiger partial charge is 0.106 e. The SMILES string of the molecule is Cc1ccncc1-c1cccc(Br)n1. The molecule has 0 aliphatic carbocycles. The highest BCUT2D eigenvalue weighted by molar-refractivity contribution is 9.10. The number of pyridine rings is 2. The monoisotopic (exact) mass is 248 g/mol. The van der Waals surface area contributed by atoms with Gasteiger partial charge in [-0.05, 0) is 46.6 Å². The van der Waals surface area contributed by atoms with E-state index in [1.165, 1.54) is 5.56 Å². The molecule has 3 heteroatoms. The molecule has 0 aliphatic heterocycles. The van der Waals surface area contributed by atoms with E-state index in [2.05, 4.69) is 32.8 Å². The molecule has 2 aromatic heterocycles. The molecule has 14 heavy (non-hydrogen) atoms. The van der Waals surface area contributed by atoms with Crippen molar-refractivity contribution in [1.82, 2.24) is 9.97 Å². The van der Waals surface area contributed by atoms with Crippen molar-refractivity contribution in [1.29, 1.82) is 0 Å². The highest BCUT2D eigenvalue weighted by Crippen LogP contribution is 2.21. The Morgan fingerprint density at radius 1 is 1.21 bits per heavy atom. The van der Waals surface area contributed by atoms with Gasteiger partial charge < -0.3 is 0 Å². The Bertz CT molecular complexity index is 455. The van der Waals surface area contributed by atoms with E-state index in [1.807, 2.05) is 30.5 Å². The van der Waals surface area contributed by atoms with Crippen molar-refractivity contribution in [2.45, 2.75) is 6.92 Å². The minimum Gasteiger partial charge on any atom is -0.264 e. The molecule has 0 fully saturated rings. The number of hydrogen-bond donors (Lipinski definition) is 0. The summed E-state index contributed by atoms with van der Waals surface area (Å²) in [6.07, 6.45) is 3.63. The van der Waals surface area contributed by atoms with Gasteiger partial charge >= 0.3 is 0 Å². The Labute approximate surface area is 91.2 Å². The molecule has 0 saturated carbocycles. The van der Waals surface area contributed by atoms with Gasteiger partial charge in [-0.15, -0.1) is 0 Å². The van der Waals surface area contributed by atoms with Gasteiger partial charge in [-0.1, -0.05) is 6.07 Å². The second-order valence-electron chi connectivity index (χ2n) is 3.04. The normalized spacial score (nSPS) is 10.1. The van der Waals surface area contributed by atoms with Gasteiger partial charge in [-0.25, -0.2) is 4.98 Å². The fraction of sp³-hybridized carbons (Fsp3) is 0.0909. The number of rotatable bonds is 1. The van der Waals surface area contributed by atoms with Crippen LogP contribution in [-0.2, 0) is 0 Å². The molecule has 0 saturated heterocycles. The van der Waals surface area contributed by atoms with Crippen molar-refractivity contribution in [3.63, 3.8) is 0 Å². The second kappa shape index (κ2) is 3.88. The molecular weight excluding hydrogens is 240 g/mol. The van der Waals surface area contributed by atoms with Crippen molar-refractivity contribution in [2.24, 2.45) is 0 Å². The lowest BCUT2D eigenvalue weighted by Gasteiger charge is -2.03. The Kier molecular flexibility index (Phi) is 2.59. The van der Waals surface area contributed by atoms with E-state index in [0.29, 0.717) is 0 Å². The number of nitrogens with zero attached hydrogens (tertiary/aromatic N) is 2. The van der Waals surface area contributed by atoms with E-state index in [0.717, 1.165) is 15.9 Å². The molecule has 2 rings (SSSR count). The first-order chi connectivity index (χ1) is 6.77. The molecule has 0 amide bonds. The zero-order valence-electron chi connectivity index (χ0n) is 7.74. The average Bonchev–Trinajstić information content (AvgIpc) is 2.18. The van der Waals surface area contributed by atoms with Crippen LogP contribution in [0.1, 0.15) is 5.56 Å². The number of aromatic nitrogens is 2. The van der Waals surface area contributed by atoms with Gasteiger partial charge in [-0.2, -0.15) is 0 Å². The maximum absolute atomic E-state index is 4.38. The van der Waals surface area contributed by atoms with E-state index in [1.54, 1.807) is 6.20 Å². The van der Waals surface area contributed by atoms with Gasteiger partial charge in [0.05, 0.1) is 5.69 Å². The highest BCUT2D eigenvalue weighted by atomic mass is 79.9. The molecule has 2 nitrogen and oxygen atoms in total. The van der Waals surface area contributed by atoms with Crippen LogP contribution in [0.3, 0.4) is 0 Å². The van der Waals surface area contributed by atoms with Crippen LogP contribution < -0.4 is 0 Å². The van der Waals surface area contributed by atoms with Gasteiger partial charge in [0, 0.05) is 18.0 Å². The Balaban J connectivity index is 2.55. The zero-order chi connectivity index (χ0) is 9.97. The summed E-state index contributed by atoms with van der Waals surface area (Å²) in [5.41, 5.74) is 3.21. The summed E-state index contributed by atoms with van der Waals surface area (Å²) in [4.78, 5) is 8.48. The molecule has 0 spiro atoms. The van der Waals surface area contributed by atoms with Crippen molar-refractivity contribution in [3.8, 4) is 11.3 Å². The molecule has 0 N–H and O–H groups in total. The van der Waals surface area contributed by atoms with Crippen LogP contribution in [0.25, 0.3) is 11.3 Å². The third kappa shape index (κ3) is 1.82. The van der Waals surface area contributed by atoms with E-state index in [4.69, 9.17) is 0 Å². The average molecular weight is 249 g/mol. The van der Waals surface area contributed by atoms with E-state index < -0.39 is 0 Å². The minimum absolute atomic E-state index is 0.846. The van der Waals surface area contributed by atoms with E-state index in [-0.39, 0.29) is 0 Å². The molecule has 2 heterocycles. The lowest BCUT2D eigenvalue weighted by atomic mass is 10.1. The lowest BCUT2D eigenvalue weighted by molar-refractivity contribution is 1.23. The van der Waals surface area contributed by atoms with Gasteiger partial charge in [0.2, 0.25) is 0 Å². The van der Waals surface area contributed by atoms with Gasteiger partial charge in [-0.3, -0.25) is 4.98 Å². The molecule has 0 atom stereocenters. The summed E-state index contributed by atoms with van der Waals surface area (Å²) in [5, 5.41) is 0. The second-order valence-corrected chi connectivity index (χ2v) is 3.85. The first-order valence-electron chi connectivity index (χ1n) is 4.31. The molecule has 0 aromatic carbocycles. The first-order valence-corrected chi connectivity index (χ1v) is 5.10. The number of halogens is 1. The summed E-state index contributed by atoms with van der Waals surface area (Å²) in [7, 11) is 0. The van der Waals surface area contributed by atoms with E-state index >= 15 is 0 Å². The Morgan fingerprint density at radius 3 is 2.79 bits per heavy atom. The van der Waals surface area contributed by atoms with Crippen LogP contribution in [0, 0.1) is 6.92 Å². The van der Waals surface area contributed by atoms with Crippen LogP contribution in [0.5, 0.6) is 0 Å². The van der Waals surface area contributed by atoms with Crippen LogP contribution in [0.15, 0.2) is 41.3 Å². The Morgan fingerprint density at radius 2 is 2.07 bits per heavy atom. The summed E-state index contributed by atoms with van der Waals surface area (Å²) in [5.74, 6) is 0. The molecule has 0 bridgehead atoms. The summed E-state index contributed by atoms with van der Waals surface area (Å²) in [6.45, 7) is 2.06. The van der Waals surface area contributed by atoms with Crippen molar-refractivity contribution in [3.05, 3.63) is 46.8 Å². The van der Waals surface area contributed by atoms with Crippen molar-refractivity contribution >= 4 is 15.9 Å². The fourth-order valence-electron chi connectivity index (χ4n) is 1.29.